The number of nitrogens with zero attached hydrogens (tertiary/aromatic N) is 1. The van der Waals surface area contributed by atoms with Crippen molar-refractivity contribution in [2.24, 2.45) is 5.10 Å². The summed E-state index contributed by atoms with van der Waals surface area (Å²) in [6.45, 7) is 3.66. The van der Waals surface area contributed by atoms with E-state index in [9.17, 15) is 4.79 Å². The van der Waals surface area contributed by atoms with Gasteiger partial charge in [0.15, 0.2) is 6.54 Å². The molecule has 2 N–H and O–H groups in total. The molecule has 0 radical (unpaired) electrons. The average molecular weight is 327 g/mol. The number of carbonyl (C=O) groups is 1. The largest absolute Gasteiger partial charge is 0.370 e. The van der Waals surface area contributed by atoms with Gasteiger partial charge in [0.25, 0.3) is 5.91 Å². The summed E-state index contributed by atoms with van der Waals surface area (Å²) < 4.78 is 6.26. The van der Waals surface area contributed by atoms with Crippen LogP contribution in [-0.2, 0) is 9.53 Å². The highest BCUT2D eigenvalue weighted by atomic mass is 79.9. The number of hydrazone groups is 1. The lowest BCUT2D eigenvalue weighted by Crippen LogP contribution is -3.15. The Balaban J connectivity index is 1.74. The smallest absolute Gasteiger partial charge is 0.295 e. The van der Waals surface area contributed by atoms with Crippen molar-refractivity contribution in [1.82, 2.24) is 5.43 Å². The van der Waals surface area contributed by atoms with E-state index >= 15 is 0 Å². The number of morpholine rings is 1. The predicted molar refractivity (Wildman–Crippen MR) is 76.3 cm³/mol. The van der Waals surface area contributed by atoms with Crippen LogP contribution >= 0.6 is 15.9 Å². The Labute approximate surface area is 120 Å². The Morgan fingerprint density at radius 3 is 2.74 bits per heavy atom. The van der Waals surface area contributed by atoms with Gasteiger partial charge in [0, 0.05) is 4.47 Å². The minimum Gasteiger partial charge on any atom is -0.370 e. The van der Waals surface area contributed by atoms with Gasteiger partial charge in [-0.15, -0.1) is 0 Å². The maximum absolute atomic E-state index is 11.7. The molecular formula is C13H17BrN3O2+. The second-order valence-electron chi connectivity index (χ2n) is 4.38. The lowest BCUT2D eigenvalue weighted by atomic mass is 10.2. The van der Waals surface area contributed by atoms with Gasteiger partial charge in [-0.3, -0.25) is 4.79 Å². The summed E-state index contributed by atoms with van der Waals surface area (Å²) in [5, 5.41) is 3.95. The fourth-order valence-corrected chi connectivity index (χ4v) is 2.10. The molecule has 0 saturated carbocycles. The van der Waals surface area contributed by atoms with Crippen LogP contribution in [0.1, 0.15) is 5.56 Å². The maximum atomic E-state index is 11.7. The van der Waals surface area contributed by atoms with Crippen molar-refractivity contribution in [2.75, 3.05) is 32.8 Å². The van der Waals surface area contributed by atoms with Gasteiger partial charge in [0.1, 0.15) is 13.1 Å². The number of carbonyl (C=O) groups excluding carboxylic acids is 1. The summed E-state index contributed by atoms with van der Waals surface area (Å²) in [6, 6.07) is 7.71. The van der Waals surface area contributed by atoms with E-state index in [0.717, 1.165) is 36.3 Å². The van der Waals surface area contributed by atoms with Crippen molar-refractivity contribution in [1.29, 1.82) is 0 Å². The normalized spacial score (nSPS) is 16.7. The summed E-state index contributed by atoms with van der Waals surface area (Å²) in [6.07, 6.45) is 1.64. The third kappa shape index (κ3) is 5.10. The molecule has 102 valence electrons. The summed E-state index contributed by atoms with van der Waals surface area (Å²) in [5.41, 5.74) is 3.50. The molecular weight excluding hydrogens is 310 g/mol. The monoisotopic (exact) mass is 326 g/mol. The number of hydrogen-bond donors (Lipinski definition) is 2. The minimum absolute atomic E-state index is 0.0646. The van der Waals surface area contributed by atoms with Gasteiger partial charge in [-0.1, -0.05) is 28.1 Å². The number of quaternary nitrogens is 1. The first kappa shape index (κ1) is 14.2. The molecule has 1 saturated heterocycles. The van der Waals surface area contributed by atoms with Gasteiger partial charge in [-0.25, -0.2) is 5.43 Å². The highest BCUT2D eigenvalue weighted by molar-refractivity contribution is 9.10. The Kier molecular flexibility index (Phi) is 5.50. The molecule has 1 aliphatic rings. The van der Waals surface area contributed by atoms with Gasteiger partial charge < -0.3 is 9.64 Å². The molecule has 6 heteroatoms. The highest BCUT2D eigenvalue weighted by Crippen LogP contribution is 2.08. The molecule has 0 spiro atoms. The van der Waals surface area contributed by atoms with E-state index in [2.05, 4.69) is 26.5 Å². The van der Waals surface area contributed by atoms with Crippen LogP contribution in [-0.4, -0.2) is 45.0 Å². The van der Waals surface area contributed by atoms with Gasteiger partial charge in [0.05, 0.1) is 19.4 Å². The molecule has 1 aromatic rings. The molecule has 1 heterocycles. The van der Waals surface area contributed by atoms with Crippen molar-refractivity contribution >= 4 is 28.1 Å². The van der Waals surface area contributed by atoms with E-state index in [4.69, 9.17) is 4.74 Å². The summed E-state index contributed by atoms with van der Waals surface area (Å²) in [7, 11) is 0. The molecule has 1 fully saturated rings. The fraction of sp³-hybridized carbons (Fsp3) is 0.385. The topological polar surface area (TPSA) is 55.1 Å². The third-order valence-corrected chi connectivity index (χ3v) is 3.41. The molecule has 19 heavy (non-hydrogen) atoms. The van der Waals surface area contributed by atoms with E-state index in [1.54, 1.807) is 6.21 Å². The van der Waals surface area contributed by atoms with E-state index in [-0.39, 0.29) is 5.91 Å². The third-order valence-electron chi connectivity index (χ3n) is 2.88. The van der Waals surface area contributed by atoms with Crippen molar-refractivity contribution in [3.8, 4) is 0 Å². The molecule has 1 amide bonds. The zero-order chi connectivity index (χ0) is 13.5. The Hall–Kier alpha value is -1.24. The van der Waals surface area contributed by atoms with Crippen LogP contribution in [0.2, 0.25) is 0 Å². The van der Waals surface area contributed by atoms with Crippen molar-refractivity contribution in [3.05, 3.63) is 34.3 Å². The molecule has 0 bridgehead atoms. The average Bonchev–Trinajstić information content (AvgIpc) is 2.42. The van der Waals surface area contributed by atoms with Crippen molar-refractivity contribution in [3.63, 3.8) is 0 Å². The van der Waals surface area contributed by atoms with Crippen molar-refractivity contribution in [2.45, 2.75) is 0 Å². The first-order chi connectivity index (χ1) is 9.24. The first-order valence-electron chi connectivity index (χ1n) is 6.23. The van der Waals surface area contributed by atoms with E-state index in [1.807, 2.05) is 24.3 Å². The van der Waals surface area contributed by atoms with Gasteiger partial charge in [-0.2, -0.15) is 5.10 Å². The molecule has 1 aromatic carbocycles. The minimum atomic E-state index is -0.0646. The van der Waals surface area contributed by atoms with Crippen LogP contribution in [0.25, 0.3) is 0 Å². The number of hydrogen-bond acceptors (Lipinski definition) is 3. The SMILES string of the molecule is O=C(C[NH+]1CCOCC1)N/N=C\c1ccc(Br)cc1. The van der Waals surface area contributed by atoms with E-state index < -0.39 is 0 Å². The number of benzene rings is 1. The first-order valence-corrected chi connectivity index (χ1v) is 7.02. The number of amides is 1. The second kappa shape index (κ2) is 7.37. The molecule has 0 atom stereocenters. The zero-order valence-electron chi connectivity index (χ0n) is 10.6. The number of ether oxygens (including phenoxy) is 1. The van der Waals surface area contributed by atoms with E-state index in [1.165, 1.54) is 4.90 Å². The van der Waals surface area contributed by atoms with Gasteiger partial charge in [0.2, 0.25) is 0 Å². The number of nitrogens with one attached hydrogen (secondary N) is 2. The number of halogens is 1. The van der Waals surface area contributed by atoms with Crippen LogP contribution in [0.15, 0.2) is 33.8 Å². The number of rotatable bonds is 4. The lowest BCUT2D eigenvalue weighted by Gasteiger charge is -2.22. The summed E-state index contributed by atoms with van der Waals surface area (Å²) in [4.78, 5) is 12.9. The van der Waals surface area contributed by atoms with Crippen molar-refractivity contribution < 1.29 is 14.4 Å². The molecule has 1 aliphatic heterocycles. The molecule has 0 unspecified atom stereocenters. The van der Waals surface area contributed by atoms with Crippen LogP contribution in [0, 0.1) is 0 Å². The lowest BCUT2D eigenvalue weighted by molar-refractivity contribution is -0.900. The zero-order valence-corrected chi connectivity index (χ0v) is 12.1. The fourth-order valence-electron chi connectivity index (χ4n) is 1.83. The Morgan fingerprint density at radius 2 is 2.05 bits per heavy atom. The van der Waals surface area contributed by atoms with Crippen LogP contribution in [0.3, 0.4) is 0 Å². The quantitative estimate of drug-likeness (QED) is 0.595. The maximum Gasteiger partial charge on any atom is 0.295 e. The molecule has 0 aromatic heterocycles. The van der Waals surface area contributed by atoms with Gasteiger partial charge >= 0.3 is 0 Å². The Bertz CT molecular complexity index is 442. The molecule has 0 aliphatic carbocycles. The Morgan fingerprint density at radius 1 is 1.37 bits per heavy atom. The van der Waals surface area contributed by atoms with Crippen LogP contribution in [0.4, 0.5) is 0 Å². The van der Waals surface area contributed by atoms with Crippen LogP contribution < -0.4 is 10.3 Å². The van der Waals surface area contributed by atoms with Crippen LogP contribution in [0.5, 0.6) is 0 Å². The summed E-state index contributed by atoms with van der Waals surface area (Å²) in [5.74, 6) is -0.0646. The standard InChI is InChI=1S/C13H16BrN3O2/c14-12-3-1-11(2-4-12)9-15-16-13(18)10-17-5-7-19-8-6-17/h1-4,9H,5-8,10H2,(H,16,18)/p+1/b15-9-. The van der Waals surface area contributed by atoms with E-state index in [0.29, 0.717) is 6.54 Å². The predicted octanol–water partition coefficient (Wildman–Crippen LogP) is -0.186. The summed E-state index contributed by atoms with van der Waals surface area (Å²) >= 11 is 3.36. The molecule has 5 nitrogen and oxygen atoms in total. The molecule has 2 rings (SSSR count). The second-order valence-corrected chi connectivity index (χ2v) is 5.30. The van der Waals surface area contributed by atoms with Gasteiger partial charge in [-0.05, 0) is 17.7 Å². The highest BCUT2D eigenvalue weighted by Gasteiger charge is 2.16.